The lowest BCUT2D eigenvalue weighted by Crippen LogP contribution is -1.75. The molecule has 3 heteroatoms. The number of fused-ring (bicyclic) bond motifs is 1. The Morgan fingerprint density at radius 2 is 2.15 bits per heavy atom. The Labute approximate surface area is 86.5 Å². The summed E-state index contributed by atoms with van der Waals surface area (Å²) in [6.45, 7) is 2.03. The highest BCUT2D eigenvalue weighted by Gasteiger charge is 2.04. The molecule has 13 heavy (non-hydrogen) atoms. The molecule has 0 saturated carbocycles. The first-order valence-electron chi connectivity index (χ1n) is 4.03. The normalized spacial score (nSPS) is 11.0. The van der Waals surface area contributed by atoms with Gasteiger partial charge in [-0.05, 0) is 30.9 Å². The van der Waals surface area contributed by atoms with Crippen LogP contribution in [0.3, 0.4) is 0 Å². The zero-order valence-corrected chi connectivity index (χ0v) is 9.09. The number of H-pyrrole nitrogens is 1. The van der Waals surface area contributed by atoms with Gasteiger partial charge in [0, 0.05) is 27.0 Å². The van der Waals surface area contributed by atoms with Gasteiger partial charge in [0.05, 0.1) is 0 Å². The maximum absolute atomic E-state index is 6.01. The van der Waals surface area contributed by atoms with Crippen LogP contribution in [-0.2, 0) is 0 Å². The van der Waals surface area contributed by atoms with Crippen LogP contribution in [0.5, 0.6) is 0 Å². The van der Waals surface area contributed by atoms with E-state index in [1.165, 1.54) is 10.3 Å². The van der Waals surface area contributed by atoms with E-state index in [1.54, 1.807) is 11.8 Å². The average molecular weight is 212 g/mol. The van der Waals surface area contributed by atoms with Crippen molar-refractivity contribution in [2.24, 2.45) is 0 Å². The summed E-state index contributed by atoms with van der Waals surface area (Å²) in [7, 11) is 0. The van der Waals surface area contributed by atoms with Crippen LogP contribution in [0.15, 0.2) is 23.2 Å². The molecule has 0 aliphatic heterocycles. The van der Waals surface area contributed by atoms with Crippen LogP contribution < -0.4 is 0 Å². The Morgan fingerprint density at radius 1 is 1.38 bits per heavy atom. The lowest BCUT2D eigenvalue weighted by Gasteiger charge is -1.98. The van der Waals surface area contributed by atoms with Crippen molar-refractivity contribution in [2.75, 3.05) is 6.26 Å². The Balaban J connectivity index is 2.77. The summed E-state index contributed by atoms with van der Waals surface area (Å²) in [4.78, 5) is 4.47. The lowest BCUT2D eigenvalue weighted by atomic mass is 10.2. The van der Waals surface area contributed by atoms with Gasteiger partial charge in [-0.3, -0.25) is 0 Å². The van der Waals surface area contributed by atoms with Gasteiger partial charge < -0.3 is 4.98 Å². The second kappa shape index (κ2) is 3.28. The number of thioether (sulfide) groups is 1. The lowest BCUT2D eigenvalue weighted by molar-refractivity contribution is 1.42. The van der Waals surface area contributed by atoms with Gasteiger partial charge in [-0.2, -0.15) is 0 Å². The fourth-order valence-corrected chi connectivity index (χ4v) is 2.12. The fraction of sp³-hybridized carbons (Fsp3) is 0.200. The summed E-state index contributed by atoms with van der Waals surface area (Å²) in [6.07, 6.45) is 4.09. The highest BCUT2D eigenvalue weighted by atomic mass is 35.5. The number of nitrogens with one attached hydrogen (secondary N) is 1. The van der Waals surface area contributed by atoms with Gasteiger partial charge in [0.25, 0.3) is 0 Å². The number of hydrogen-bond acceptors (Lipinski definition) is 1. The van der Waals surface area contributed by atoms with Crippen molar-refractivity contribution >= 4 is 34.3 Å². The smallest absolute Gasteiger partial charge is 0.0480 e. The van der Waals surface area contributed by atoms with Crippen molar-refractivity contribution in [3.63, 3.8) is 0 Å². The molecule has 1 N–H and O–H groups in total. The van der Waals surface area contributed by atoms with Crippen LogP contribution in [0.4, 0.5) is 0 Å². The number of aromatic nitrogens is 1. The predicted octanol–water partition coefficient (Wildman–Crippen LogP) is 3.85. The summed E-state index contributed by atoms with van der Waals surface area (Å²) < 4.78 is 0. The molecular formula is C10H10ClNS. The molecule has 68 valence electrons. The van der Waals surface area contributed by atoms with Crippen LogP contribution in [0, 0.1) is 6.92 Å². The first kappa shape index (κ1) is 8.97. The van der Waals surface area contributed by atoms with Crippen molar-refractivity contribution < 1.29 is 0 Å². The summed E-state index contributed by atoms with van der Waals surface area (Å²) in [5.74, 6) is 0. The molecule has 2 aromatic rings. The van der Waals surface area contributed by atoms with Gasteiger partial charge in [0.15, 0.2) is 0 Å². The molecule has 0 atom stereocenters. The zero-order valence-electron chi connectivity index (χ0n) is 7.52. The van der Waals surface area contributed by atoms with Crippen molar-refractivity contribution in [1.82, 2.24) is 4.98 Å². The molecule has 1 aromatic heterocycles. The Morgan fingerprint density at radius 3 is 2.85 bits per heavy atom. The summed E-state index contributed by atoms with van der Waals surface area (Å²) in [5, 5.41) is 2.08. The number of aromatic amines is 1. The van der Waals surface area contributed by atoms with Crippen molar-refractivity contribution in [1.29, 1.82) is 0 Å². The molecule has 0 unspecified atom stereocenters. The van der Waals surface area contributed by atoms with Crippen LogP contribution >= 0.6 is 23.4 Å². The number of hydrogen-bond donors (Lipinski definition) is 1. The first-order valence-corrected chi connectivity index (χ1v) is 5.64. The van der Waals surface area contributed by atoms with Crippen LogP contribution in [0.1, 0.15) is 5.56 Å². The molecule has 0 fully saturated rings. The van der Waals surface area contributed by atoms with Gasteiger partial charge in [-0.25, -0.2) is 0 Å². The van der Waals surface area contributed by atoms with E-state index in [0.717, 1.165) is 16.1 Å². The Hall–Kier alpha value is -0.600. The second-order valence-electron chi connectivity index (χ2n) is 3.00. The van der Waals surface area contributed by atoms with Gasteiger partial charge in [-0.15, -0.1) is 11.8 Å². The van der Waals surface area contributed by atoms with E-state index < -0.39 is 0 Å². The maximum atomic E-state index is 6.01. The summed E-state index contributed by atoms with van der Waals surface area (Å²) >= 11 is 7.76. The maximum Gasteiger partial charge on any atom is 0.0480 e. The van der Waals surface area contributed by atoms with Crippen molar-refractivity contribution in [3.8, 4) is 0 Å². The largest absolute Gasteiger partial charge is 0.360 e. The minimum absolute atomic E-state index is 0.821. The highest BCUT2D eigenvalue weighted by Crippen LogP contribution is 2.29. The quantitative estimate of drug-likeness (QED) is 0.709. The third-order valence-corrected chi connectivity index (χ3v) is 3.33. The van der Waals surface area contributed by atoms with E-state index in [0.29, 0.717) is 0 Å². The molecule has 0 bridgehead atoms. The molecule has 1 aromatic carbocycles. The van der Waals surface area contributed by atoms with E-state index >= 15 is 0 Å². The standard InChI is InChI=1S/C10H10ClNS/c1-6-3-7-9(4-8(6)11)12-5-10(7)13-2/h3-5,12H,1-2H3. The minimum Gasteiger partial charge on any atom is -0.360 e. The molecule has 1 heterocycles. The number of halogens is 1. The minimum atomic E-state index is 0.821. The van der Waals surface area contributed by atoms with Crippen molar-refractivity contribution in [2.45, 2.75) is 11.8 Å². The van der Waals surface area contributed by atoms with Crippen LogP contribution in [0.2, 0.25) is 5.02 Å². The van der Waals surface area contributed by atoms with Crippen LogP contribution in [0.25, 0.3) is 10.9 Å². The van der Waals surface area contributed by atoms with E-state index in [1.807, 2.05) is 19.2 Å². The van der Waals surface area contributed by atoms with E-state index in [-0.39, 0.29) is 0 Å². The number of aryl methyl sites for hydroxylation is 1. The van der Waals surface area contributed by atoms with E-state index in [2.05, 4.69) is 17.3 Å². The topological polar surface area (TPSA) is 15.8 Å². The molecule has 1 nitrogen and oxygen atoms in total. The highest BCUT2D eigenvalue weighted by molar-refractivity contribution is 7.98. The molecule has 0 amide bonds. The monoisotopic (exact) mass is 211 g/mol. The number of rotatable bonds is 1. The zero-order chi connectivity index (χ0) is 9.42. The average Bonchev–Trinajstić information content (AvgIpc) is 2.48. The van der Waals surface area contributed by atoms with Gasteiger partial charge >= 0.3 is 0 Å². The molecule has 0 saturated heterocycles. The fourth-order valence-electron chi connectivity index (χ4n) is 1.39. The van der Waals surface area contributed by atoms with E-state index in [4.69, 9.17) is 11.6 Å². The summed E-state index contributed by atoms with van der Waals surface area (Å²) in [5.41, 5.74) is 2.24. The SMILES string of the molecule is CSc1c[nH]c2cc(Cl)c(C)cc12. The third kappa shape index (κ3) is 1.45. The van der Waals surface area contributed by atoms with Gasteiger partial charge in [-0.1, -0.05) is 11.6 Å². The van der Waals surface area contributed by atoms with Gasteiger partial charge in [0.2, 0.25) is 0 Å². The molecule has 0 aliphatic rings. The predicted molar refractivity (Wildman–Crippen MR) is 59.8 cm³/mol. The van der Waals surface area contributed by atoms with Gasteiger partial charge in [0.1, 0.15) is 0 Å². The first-order chi connectivity index (χ1) is 6.22. The Bertz CT molecular complexity index is 447. The third-order valence-electron chi connectivity index (χ3n) is 2.14. The molecule has 2 rings (SSSR count). The second-order valence-corrected chi connectivity index (χ2v) is 4.26. The van der Waals surface area contributed by atoms with Crippen LogP contribution in [-0.4, -0.2) is 11.2 Å². The van der Waals surface area contributed by atoms with E-state index in [9.17, 15) is 0 Å². The Kier molecular flexibility index (Phi) is 2.26. The molecule has 0 radical (unpaired) electrons. The molecule has 0 spiro atoms. The molecular weight excluding hydrogens is 202 g/mol. The summed E-state index contributed by atoms with van der Waals surface area (Å²) in [6, 6.07) is 4.10. The molecule has 0 aliphatic carbocycles. The van der Waals surface area contributed by atoms with Crippen molar-refractivity contribution in [3.05, 3.63) is 28.9 Å². The number of benzene rings is 1.